The van der Waals surface area contributed by atoms with Gasteiger partial charge in [-0.3, -0.25) is 0 Å². The number of hydrogen-bond donors (Lipinski definition) is 0. The summed E-state index contributed by atoms with van der Waals surface area (Å²) in [6, 6.07) is 15.7. The average Bonchev–Trinajstić information content (AvgIpc) is 3.71. The van der Waals surface area contributed by atoms with Crippen LogP contribution >= 0.6 is 0 Å². The zero-order valence-electron chi connectivity index (χ0n) is 24.1. The lowest BCUT2D eigenvalue weighted by Gasteiger charge is -2.08. The van der Waals surface area contributed by atoms with E-state index >= 15 is 0 Å². The molecule has 0 saturated heterocycles. The number of ether oxygens (including phenoxy) is 1. The molecule has 0 aliphatic rings. The molecule has 0 N–H and O–H groups in total. The van der Waals surface area contributed by atoms with Crippen LogP contribution in [-0.4, -0.2) is 52.0 Å². The number of methoxy groups -OCH3 is 1. The van der Waals surface area contributed by atoms with E-state index in [4.69, 9.17) is 4.74 Å². The number of alkyl halides is 6. The molecule has 0 unspecified atom stereocenters. The molecule has 6 rings (SSSR count). The SMILES string of the molecule is COc1ccc(Cn2nnc(/C(=C/n3nc(-c4ccc(C(F)(F)F)cc4)nc3-c3ccc(C(F)(F)F)cc3)c3cncnc3)n2)cc1. The van der Waals surface area contributed by atoms with Gasteiger partial charge >= 0.3 is 12.4 Å². The quantitative estimate of drug-likeness (QED) is 0.171. The predicted octanol–water partition coefficient (Wildman–Crippen LogP) is 6.53. The van der Waals surface area contributed by atoms with Gasteiger partial charge in [-0.1, -0.05) is 36.4 Å². The van der Waals surface area contributed by atoms with Crippen LogP contribution in [0.1, 0.15) is 28.1 Å². The second-order valence-corrected chi connectivity index (χ2v) is 10.0. The molecule has 0 aliphatic carbocycles. The van der Waals surface area contributed by atoms with Crippen LogP contribution in [0.25, 0.3) is 34.5 Å². The van der Waals surface area contributed by atoms with Crippen molar-refractivity contribution in [3.63, 3.8) is 0 Å². The molecule has 0 amide bonds. The molecule has 10 nitrogen and oxygen atoms in total. The third-order valence-electron chi connectivity index (χ3n) is 6.87. The average molecular weight is 650 g/mol. The number of aromatic nitrogens is 9. The van der Waals surface area contributed by atoms with Crippen LogP contribution in [0.15, 0.2) is 91.5 Å². The van der Waals surface area contributed by atoms with Gasteiger partial charge in [0.15, 0.2) is 11.6 Å². The Balaban J connectivity index is 1.45. The van der Waals surface area contributed by atoms with Crippen LogP contribution in [0.5, 0.6) is 5.75 Å². The van der Waals surface area contributed by atoms with Crippen LogP contribution in [0.3, 0.4) is 0 Å². The maximum Gasteiger partial charge on any atom is 0.416 e. The van der Waals surface area contributed by atoms with Gasteiger partial charge in [0.2, 0.25) is 5.82 Å². The van der Waals surface area contributed by atoms with E-state index in [1.807, 2.05) is 12.1 Å². The van der Waals surface area contributed by atoms with E-state index in [-0.39, 0.29) is 35.1 Å². The van der Waals surface area contributed by atoms with E-state index in [2.05, 4.69) is 35.5 Å². The van der Waals surface area contributed by atoms with E-state index in [0.29, 0.717) is 16.9 Å². The predicted molar refractivity (Wildman–Crippen MR) is 156 cm³/mol. The first-order valence-electron chi connectivity index (χ1n) is 13.7. The normalized spacial score (nSPS) is 12.4. The first-order chi connectivity index (χ1) is 22.5. The van der Waals surface area contributed by atoms with E-state index in [9.17, 15) is 26.3 Å². The number of tetrazole rings is 1. The largest absolute Gasteiger partial charge is 0.497 e. The lowest BCUT2D eigenvalue weighted by Crippen LogP contribution is -2.05. The Morgan fingerprint density at radius 2 is 1.36 bits per heavy atom. The summed E-state index contributed by atoms with van der Waals surface area (Å²) in [5.74, 6) is 0.930. The van der Waals surface area contributed by atoms with Gasteiger partial charge in [0, 0.05) is 35.3 Å². The maximum atomic E-state index is 13.3. The number of halogens is 6. The molecule has 0 radical (unpaired) electrons. The highest BCUT2D eigenvalue weighted by atomic mass is 19.4. The molecule has 3 heterocycles. The molecule has 47 heavy (non-hydrogen) atoms. The van der Waals surface area contributed by atoms with Gasteiger partial charge in [-0.25, -0.2) is 19.6 Å². The highest BCUT2D eigenvalue weighted by molar-refractivity contribution is 5.84. The zero-order chi connectivity index (χ0) is 33.2. The van der Waals surface area contributed by atoms with Crippen LogP contribution < -0.4 is 4.74 Å². The van der Waals surface area contributed by atoms with Crippen molar-refractivity contribution in [1.29, 1.82) is 0 Å². The molecule has 6 aromatic rings. The fraction of sp³-hybridized carbons (Fsp3) is 0.129. The summed E-state index contributed by atoms with van der Waals surface area (Å²) < 4.78 is 86.0. The second kappa shape index (κ2) is 12.5. The van der Waals surface area contributed by atoms with E-state index in [1.165, 1.54) is 58.7 Å². The van der Waals surface area contributed by atoms with Gasteiger partial charge in [-0.15, -0.1) is 15.3 Å². The molecule has 0 atom stereocenters. The minimum atomic E-state index is -4.57. The second-order valence-electron chi connectivity index (χ2n) is 10.0. The fourth-order valence-corrected chi connectivity index (χ4v) is 4.48. The van der Waals surface area contributed by atoms with E-state index in [1.54, 1.807) is 19.2 Å². The molecular weight excluding hydrogens is 628 g/mol. The summed E-state index contributed by atoms with van der Waals surface area (Å²) in [4.78, 5) is 14.0. The third-order valence-corrected chi connectivity index (χ3v) is 6.87. The molecule has 0 spiro atoms. The molecule has 3 aromatic carbocycles. The highest BCUT2D eigenvalue weighted by Crippen LogP contribution is 2.33. The molecule has 0 fully saturated rings. The molecule has 3 aromatic heterocycles. The van der Waals surface area contributed by atoms with Crippen molar-refractivity contribution in [2.24, 2.45) is 0 Å². The first kappa shape index (κ1) is 31.1. The van der Waals surface area contributed by atoms with Crippen molar-refractivity contribution in [3.8, 4) is 28.5 Å². The Morgan fingerprint density at radius 3 is 1.94 bits per heavy atom. The lowest BCUT2D eigenvalue weighted by atomic mass is 10.1. The first-order valence-corrected chi connectivity index (χ1v) is 13.7. The molecule has 0 bridgehead atoms. The molecule has 0 saturated carbocycles. The lowest BCUT2D eigenvalue weighted by molar-refractivity contribution is -0.138. The summed E-state index contributed by atoms with van der Waals surface area (Å²) in [6.07, 6.45) is -3.34. The Kier molecular flexibility index (Phi) is 8.24. The van der Waals surface area contributed by atoms with E-state index in [0.717, 1.165) is 29.8 Å². The van der Waals surface area contributed by atoms with Crippen molar-refractivity contribution < 1.29 is 31.1 Å². The number of benzene rings is 3. The minimum absolute atomic E-state index is 0.0182. The molecule has 16 heteroatoms. The van der Waals surface area contributed by atoms with Gasteiger partial charge in [0.25, 0.3) is 0 Å². The van der Waals surface area contributed by atoms with Crippen molar-refractivity contribution in [3.05, 3.63) is 120 Å². The van der Waals surface area contributed by atoms with Crippen LogP contribution in [0.4, 0.5) is 26.3 Å². The minimum Gasteiger partial charge on any atom is -0.497 e. The standard InChI is InChI=1S/C31H21F6N9O/c1-47-25-12-2-19(3-13-25)16-46-43-28(41-44-46)26(22-14-38-18-39-15-22)17-45-29(21-6-10-24(11-7-21)31(35,36)37)40-27(42-45)20-4-8-23(9-5-20)30(32,33)34/h2-15,17-18H,16H2,1H3/b26-17+. The highest BCUT2D eigenvalue weighted by Gasteiger charge is 2.31. The number of hydrogen-bond acceptors (Lipinski definition) is 8. The fourth-order valence-electron chi connectivity index (χ4n) is 4.48. The van der Waals surface area contributed by atoms with E-state index < -0.39 is 23.5 Å². The maximum absolute atomic E-state index is 13.3. The smallest absolute Gasteiger partial charge is 0.416 e. The molecule has 238 valence electrons. The summed E-state index contributed by atoms with van der Waals surface area (Å²) >= 11 is 0. The summed E-state index contributed by atoms with van der Waals surface area (Å²) in [5.41, 5.74) is 0.394. The van der Waals surface area contributed by atoms with Gasteiger partial charge in [-0.2, -0.15) is 31.1 Å². The monoisotopic (exact) mass is 649 g/mol. The van der Waals surface area contributed by atoms with Gasteiger partial charge in [-0.05, 0) is 47.2 Å². The Bertz CT molecular complexity index is 2000. The number of nitrogens with zero attached hydrogens (tertiary/aromatic N) is 9. The van der Waals surface area contributed by atoms with Crippen molar-refractivity contribution in [1.82, 2.24) is 44.9 Å². The number of rotatable bonds is 8. The summed E-state index contributed by atoms with van der Waals surface area (Å²) in [5, 5.41) is 17.4. The topological polar surface area (TPSA) is 109 Å². The van der Waals surface area contributed by atoms with Gasteiger partial charge in [0.05, 0.1) is 30.4 Å². The van der Waals surface area contributed by atoms with Crippen molar-refractivity contribution >= 4 is 11.8 Å². The van der Waals surface area contributed by atoms with Crippen LogP contribution in [0, 0.1) is 0 Å². The Hall–Kier alpha value is -5.93. The van der Waals surface area contributed by atoms with Crippen molar-refractivity contribution in [2.75, 3.05) is 7.11 Å². The van der Waals surface area contributed by atoms with Crippen LogP contribution in [-0.2, 0) is 18.9 Å². The summed E-state index contributed by atoms with van der Waals surface area (Å²) in [7, 11) is 1.56. The zero-order valence-corrected chi connectivity index (χ0v) is 24.1. The summed E-state index contributed by atoms with van der Waals surface area (Å²) in [6.45, 7) is 0.272. The van der Waals surface area contributed by atoms with Gasteiger partial charge in [0.1, 0.15) is 12.1 Å². The van der Waals surface area contributed by atoms with Gasteiger partial charge < -0.3 is 4.74 Å². The Morgan fingerprint density at radius 1 is 0.766 bits per heavy atom. The third kappa shape index (κ3) is 7.00. The Labute approximate surface area is 262 Å². The molecule has 0 aliphatic heterocycles. The van der Waals surface area contributed by atoms with Crippen molar-refractivity contribution in [2.45, 2.75) is 18.9 Å². The van der Waals surface area contributed by atoms with Crippen LogP contribution in [0.2, 0.25) is 0 Å². The molecular formula is C31H21F6N9O.